The quantitative estimate of drug-likeness (QED) is 0.940. The van der Waals surface area contributed by atoms with Crippen LogP contribution in [0.15, 0.2) is 48.5 Å². The normalized spacial score (nSPS) is 13.9. The summed E-state index contributed by atoms with van der Waals surface area (Å²) in [7, 11) is 3.92. The second kappa shape index (κ2) is 6.74. The smallest absolute Gasteiger partial charge is 0.255 e. The van der Waals surface area contributed by atoms with Gasteiger partial charge in [0.1, 0.15) is 0 Å². The van der Waals surface area contributed by atoms with Crippen LogP contribution in [0.2, 0.25) is 0 Å². The van der Waals surface area contributed by atoms with Crippen molar-refractivity contribution in [2.75, 3.05) is 35.8 Å². The van der Waals surface area contributed by atoms with Crippen molar-refractivity contribution < 1.29 is 9.59 Å². The molecule has 24 heavy (non-hydrogen) atoms. The number of benzene rings is 2. The van der Waals surface area contributed by atoms with E-state index in [1.165, 1.54) is 0 Å². The number of anilines is 3. The molecule has 2 amide bonds. The fraction of sp³-hybridized carbons (Fsp3) is 0.263. The second-order valence-corrected chi connectivity index (χ2v) is 6.09. The summed E-state index contributed by atoms with van der Waals surface area (Å²) in [6.45, 7) is 0.767. The van der Waals surface area contributed by atoms with Crippen LogP contribution >= 0.6 is 0 Å². The monoisotopic (exact) mass is 323 g/mol. The SMILES string of the molecule is CN(C)c1ccc(C(=O)Nc2ccc(N3CCCC3=O)cc2)cc1. The minimum Gasteiger partial charge on any atom is -0.378 e. The molecule has 1 heterocycles. The third kappa shape index (κ3) is 3.40. The van der Waals surface area contributed by atoms with Gasteiger partial charge in [0.25, 0.3) is 5.91 Å². The Morgan fingerprint density at radius 1 is 1.04 bits per heavy atom. The van der Waals surface area contributed by atoms with Gasteiger partial charge in [0.05, 0.1) is 0 Å². The second-order valence-electron chi connectivity index (χ2n) is 6.09. The molecule has 0 atom stereocenters. The lowest BCUT2D eigenvalue weighted by Crippen LogP contribution is -2.23. The van der Waals surface area contributed by atoms with E-state index in [1.54, 1.807) is 4.90 Å². The third-order valence-electron chi connectivity index (χ3n) is 4.16. The van der Waals surface area contributed by atoms with Crippen LogP contribution in [0.5, 0.6) is 0 Å². The number of hydrogen-bond donors (Lipinski definition) is 1. The fourth-order valence-electron chi connectivity index (χ4n) is 2.76. The van der Waals surface area contributed by atoms with Crippen LogP contribution in [0.1, 0.15) is 23.2 Å². The zero-order valence-electron chi connectivity index (χ0n) is 14.0. The molecule has 0 aromatic heterocycles. The van der Waals surface area contributed by atoms with Crippen LogP contribution in [0.25, 0.3) is 0 Å². The number of nitrogens with one attached hydrogen (secondary N) is 1. The number of rotatable bonds is 4. The lowest BCUT2D eigenvalue weighted by molar-refractivity contribution is -0.117. The first-order valence-corrected chi connectivity index (χ1v) is 8.04. The van der Waals surface area contributed by atoms with Crippen LogP contribution in [-0.2, 0) is 4.79 Å². The van der Waals surface area contributed by atoms with Gasteiger partial charge in [-0.25, -0.2) is 0 Å². The van der Waals surface area contributed by atoms with E-state index in [-0.39, 0.29) is 11.8 Å². The zero-order chi connectivity index (χ0) is 17.1. The highest BCUT2D eigenvalue weighted by Gasteiger charge is 2.21. The first kappa shape index (κ1) is 16.1. The van der Waals surface area contributed by atoms with E-state index in [0.717, 1.165) is 24.3 Å². The lowest BCUT2D eigenvalue weighted by Gasteiger charge is -2.16. The Hall–Kier alpha value is -2.82. The summed E-state index contributed by atoms with van der Waals surface area (Å²) in [4.78, 5) is 27.8. The molecule has 0 spiro atoms. The largest absolute Gasteiger partial charge is 0.378 e. The van der Waals surface area contributed by atoms with Gasteiger partial charge in [-0.2, -0.15) is 0 Å². The molecule has 5 nitrogen and oxygen atoms in total. The average molecular weight is 323 g/mol. The molecule has 1 saturated heterocycles. The van der Waals surface area contributed by atoms with Crippen molar-refractivity contribution in [2.45, 2.75) is 12.8 Å². The molecule has 0 aliphatic carbocycles. The molecule has 0 radical (unpaired) electrons. The van der Waals surface area contributed by atoms with Gasteiger partial charge in [0.15, 0.2) is 0 Å². The van der Waals surface area contributed by atoms with Gasteiger partial charge in [0.2, 0.25) is 5.91 Å². The molecule has 0 bridgehead atoms. The number of amides is 2. The topological polar surface area (TPSA) is 52.7 Å². The summed E-state index contributed by atoms with van der Waals surface area (Å²) in [5.41, 5.74) is 3.25. The number of hydrogen-bond acceptors (Lipinski definition) is 3. The molecule has 2 aromatic rings. The highest BCUT2D eigenvalue weighted by molar-refractivity contribution is 6.04. The van der Waals surface area contributed by atoms with Crippen LogP contribution in [0, 0.1) is 0 Å². The van der Waals surface area contributed by atoms with Gasteiger partial charge in [-0.3, -0.25) is 9.59 Å². The number of carbonyl (C=O) groups excluding carboxylic acids is 2. The van der Waals surface area contributed by atoms with E-state index >= 15 is 0 Å². The van der Waals surface area contributed by atoms with Gasteiger partial charge in [-0.1, -0.05) is 0 Å². The Kier molecular flexibility index (Phi) is 4.51. The molecule has 124 valence electrons. The molecule has 1 N–H and O–H groups in total. The number of nitrogens with zero attached hydrogens (tertiary/aromatic N) is 2. The van der Waals surface area contributed by atoms with E-state index in [0.29, 0.717) is 17.7 Å². The number of carbonyl (C=O) groups is 2. The maximum absolute atomic E-state index is 12.3. The lowest BCUT2D eigenvalue weighted by atomic mass is 10.2. The maximum Gasteiger partial charge on any atom is 0.255 e. The van der Waals surface area contributed by atoms with Gasteiger partial charge in [0, 0.05) is 49.7 Å². The standard InChI is InChI=1S/C19H21N3O2/c1-21(2)16-9-5-14(6-10-16)19(24)20-15-7-11-17(12-8-15)22-13-3-4-18(22)23/h5-12H,3-4,13H2,1-2H3,(H,20,24). The summed E-state index contributed by atoms with van der Waals surface area (Å²) >= 11 is 0. The van der Waals surface area contributed by atoms with Crippen molar-refractivity contribution >= 4 is 28.9 Å². The summed E-state index contributed by atoms with van der Waals surface area (Å²) in [6.07, 6.45) is 1.52. The molecular formula is C19H21N3O2. The summed E-state index contributed by atoms with van der Waals surface area (Å²) in [5, 5.41) is 2.88. The van der Waals surface area contributed by atoms with E-state index < -0.39 is 0 Å². The molecule has 1 aliphatic heterocycles. The minimum atomic E-state index is -0.148. The zero-order valence-corrected chi connectivity index (χ0v) is 14.0. The highest BCUT2D eigenvalue weighted by Crippen LogP contribution is 2.23. The Morgan fingerprint density at radius 3 is 2.25 bits per heavy atom. The van der Waals surface area contributed by atoms with Gasteiger partial charge in [-0.15, -0.1) is 0 Å². The van der Waals surface area contributed by atoms with E-state index in [9.17, 15) is 9.59 Å². The first-order valence-electron chi connectivity index (χ1n) is 8.04. The highest BCUT2D eigenvalue weighted by atomic mass is 16.2. The van der Waals surface area contributed by atoms with Crippen LogP contribution in [-0.4, -0.2) is 32.5 Å². The van der Waals surface area contributed by atoms with E-state index in [2.05, 4.69) is 5.32 Å². The van der Waals surface area contributed by atoms with Gasteiger partial charge in [-0.05, 0) is 55.0 Å². The van der Waals surface area contributed by atoms with Crippen molar-refractivity contribution in [1.82, 2.24) is 0 Å². The van der Waals surface area contributed by atoms with Crippen molar-refractivity contribution in [1.29, 1.82) is 0 Å². The maximum atomic E-state index is 12.3. The summed E-state index contributed by atoms with van der Waals surface area (Å²) < 4.78 is 0. The minimum absolute atomic E-state index is 0.148. The van der Waals surface area contributed by atoms with Gasteiger partial charge >= 0.3 is 0 Å². The Morgan fingerprint density at radius 2 is 1.71 bits per heavy atom. The average Bonchev–Trinajstić information content (AvgIpc) is 3.01. The fourth-order valence-corrected chi connectivity index (χ4v) is 2.76. The summed E-state index contributed by atoms with van der Waals surface area (Å²) in [5.74, 6) is 0.0121. The molecule has 0 saturated carbocycles. The molecule has 5 heteroatoms. The first-order chi connectivity index (χ1) is 11.5. The van der Waals surface area contributed by atoms with E-state index in [1.807, 2.05) is 67.5 Å². The predicted molar refractivity (Wildman–Crippen MR) is 96.8 cm³/mol. The Bertz CT molecular complexity index is 736. The van der Waals surface area contributed by atoms with Gasteiger partial charge < -0.3 is 15.1 Å². The van der Waals surface area contributed by atoms with Crippen LogP contribution in [0.3, 0.4) is 0 Å². The van der Waals surface area contributed by atoms with Crippen LogP contribution in [0.4, 0.5) is 17.1 Å². The summed E-state index contributed by atoms with van der Waals surface area (Å²) in [6, 6.07) is 14.8. The Labute approximate surface area is 141 Å². The third-order valence-corrected chi connectivity index (χ3v) is 4.16. The Balaban J connectivity index is 1.67. The molecule has 3 rings (SSSR count). The van der Waals surface area contributed by atoms with Crippen molar-refractivity contribution in [3.05, 3.63) is 54.1 Å². The van der Waals surface area contributed by atoms with Crippen molar-refractivity contribution in [3.8, 4) is 0 Å². The molecular weight excluding hydrogens is 302 g/mol. The van der Waals surface area contributed by atoms with Crippen molar-refractivity contribution in [3.63, 3.8) is 0 Å². The molecule has 0 unspecified atom stereocenters. The van der Waals surface area contributed by atoms with Crippen molar-refractivity contribution in [2.24, 2.45) is 0 Å². The van der Waals surface area contributed by atoms with Crippen LogP contribution < -0.4 is 15.1 Å². The predicted octanol–water partition coefficient (Wildman–Crippen LogP) is 3.13. The molecule has 1 fully saturated rings. The molecule has 1 aliphatic rings. The van der Waals surface area contributed by atoms with E-state index in [4.69, 9.17) is 0 Å². The molecule has 2 aromatic carbocycles.